The topological polar surface area (TPSA) is 42.4 Å². The summed E-state index contributed by atoms with van der Waals surface area (Å²) in [4.78, 5) is 18.2. The van der Waals surface area contributed by atoms with Crippen molar-refractivity contribution in [1.82, 2.24) is 9.88 Å². The zero-order valence-corrected chi connectivity index (χ0v) is 12.8. The lowest BCUT2D eigenvalue weighted by atomic mass is 10.1. The van der Waals surface area contributed by atoms with Gasteiger partial charge in [-0.1, -0.05) is 17.7 Å². The van der Waals surface area contributed by atoms with E-state index in [0.29, 0.717) is 29.4 Å². The Morgan fingerprint density at radius 1 is 1.38 bits per heavy atom. The molecule has 1 heterocycles. The van der Waals surface area contributed by atoms with Gasteiger partial charge in [0.1, 0.15) is 5.75 Å². The monoisotopic (exact) mass is 304 g/mol. The smallest absolute Gasteiger partial charge is 0.176 e. The van der Waals surface area contributed by atoms with Crippen molar-refractivity contribution in [2.24, 2.45) is 0 Å². The Bertz CT molecular complexity index is 617. The van der Waals surface area contributed by atoms with Crippen LogP contribution in [0.25, 0.3) is 0 Å². The van der Waals surface area contributed by atoms with Crippen LogP contribution in [0.4, 0.5) is 0 Å². The standard InChI is InChI=1S/C16H17ClN2O2/c1-19(10-12-4-3-7-18-9-12)11-15(20)13-5-6-16(21-2)14(17)8-13/h3-9H,10-11H2,1-2H3. The summed E-state index contributed by atoms with van der Waals surface area (Å²) in [5.41, 5.74) is 1.65. The number of ketones is 1. The van der Waals surface area contributed by atoms with Gasteiger partial charge in [0.25, 0.3) is 0 Å². The molecule has 0 amide bonds. The molecule has 110 valence electrons. The lowest BCUT2D eigenvalue weighted by molar-refractivity contribution is 0.0943. The van der Waals surface area contributed by atoms with Crippen LogP contribution in [0.2, 0.25) is 5.02 Å². The summed E-state index contributed by atoms with van der Waals surface area (Å²) in [6.45, 7) is 0.987. The van der Waals surface area contributed by atoms with Crippen molar-refractivity contribution in [2.75, 3.05) is 20.7 Å². The van der Waals surface area contributed by atoms with Gasteiger partial charge in [0.05, 0.1) is 18.7 Å². The highest BCUT2D eigenvalue weighted by Gasteiger charge is 2.12. The minimum absolute atomic E-state index is 0.0194. The molecule has 0 saturated heterocycles. The molecule has 0 bridgehead atoms. The van der Waals surface area contributed by atoms with E-state index in [-0.39, 0.29) is 5.78 Å². The third-order valence-electron chi connectivity index (χ3n) is 3.06. The Kier molecular flexibility index (Phi) is 5.31. The Hall–Kier alpha value is -1.91. The van der Waals surface area contributed by atoms with Gasteiger partial charge in [0.2, 0.25) is 0 Å². The van der Waals surface area contributed by atoms with E-state index in [1.165, 1.54) is 0 Å². The minimum atomic E-state index is 0.0194. The zero-order valence-electron chi connectivity index (χ0n) is 12.0. The van der Waals surface area contributed by atoms with Gasteiger partial charge in [-0.15, -0.1) is 0 Å². The van der Waals surface area contributed by atoms with E-state index in [9.17, 15) is 4.79 Å². The molecule has 0 spiro atoms. The second-order valence-corrected chi connectivity index (χ2v) is 5.21. The van der Waals surface area contributed by atoms with Gasteiger partial charge in [-0.2, -0.15) is 0 Å². The van der Waals surface area contributed by atoms with Crippen molar-refractivity contribution in [2.45, 2.75) is 6.54 Å². The molecule has 2 rings (SSSR count). The molecule has 1 aromatic carbocycles. The van der Waals surface area contributed by atoms with Crippen LogP contribution >= 0.6 is 11.6 Å². The Labute approximate surface area is 129 Å². The van der Waals surface area contributed by atoms with Crippen molar-refractivity contribution in [3.05, 3.63) is 58.9 Å². The first kappa shape index (κ1) is 15.5. The number of carbonyl (C=O) groups excluding carboxylic acids is 1. The second kappa shape index (κ2) is 7.20. The van der Waals surface area contributed by atoms with Gasteiger partial charge in [-0.05, 0) is 36.9 Å². The first-order valence-corrected chi connectivity index (χ1v) is 6.92. The van der Waals surface area contributed by atoms with E-state index in [2.05, 4.69) is 4.98 Å². The summed E-state index contributed by atoms with van der Waals surface area (Å²) >= 11 is 6.04. The summed E-state index contributed by atoms with van der Waals surface area (Å²) in [6.07, 6.45) is 3.53. The molecule has 0 saturated carbocycles. The van der Waals surface area contributed by atoms with E-state index in [1.54, 1.807) is 37.7 Å². The molecular weight excluding hydrogens is 288 g/mol. The van der Waals surface area contributed by atoms with Crippen LogP contribution in [-0.4, -0.2) is 36.4 Å². The van der Waals surface area contributed by atoms with E-state index in [0.717, 1.165) is 5.56 Å². The number of nitrogens with zero attached hydrogens (tertiary/aromatic N) is 2. The van der Waals surface area contributed by atoms with Crippen LogP contribution < -0.4 is 4.74 Å². The fraction of sp³-hybridized carbons (Fsp3) is 0.250. The highest BCUT2D eigenvalue weighted by molar-refractivity contribution is 6.32. The first-order chi connectivity index (χ1) is 10.1. The van der Waals surface area contributed by atoms with Gasteiger partial charge >= 0.3 is 0 Å². The van der Waals surface area contributed by atoms with Gasteiger partial charge in [0, 0.05) is 24.5 Å². The number of likely N-dealkylation sites (N-methyl/N-ethyl adjacent to an activating group) is 1. The fourth-order valence-electron chi connectivity index (χ4n) is 2.04. The number of pyridine rings is 1. The van der Waals surface area contributed by atoms with E-state index >= 15 is 0 Å². The van der Waals surface area contributed by atoms with Gasteiger partial charge in [0.15, 0.2) is 5.78 Å². The van der Waals surface area contributed by atoms with Crippen molar-refractivity contribution in [3.63, 3.8) is 0 Å². The molecule has 0 aliphatic carbocycles. The number of ether oxygens (including phenoxy) is 1. The summed E-state index contributed by atoms with van der Waals surface area (Å²) in [6, 6.07) is 8.94. The van der Waals surface area contributed by atoms with E-state index in [1.807, 2.05) is 24.1 Å². The molecule has 0 aliphatic heterocycles. The number of halogens is 1. The zero-order chi connectivity index (χ0) is 15.2. The van der Waals surface area contributed by atoms with Crippen molar-refractivity contribution in [1.29, 1.82) is 0 Å². The Morgan fingerprint density at radius 3 is 2.81 bits per heavy atom. The highest BCUT2D eigenvalue weighted by atomic mass is 35.5. The van der Waals surface area contributed by atoms with Crippen LogP contribution in [-0.2, 0) is 6.54 Å². The largest absolute Gasteiger partial charge is 0.495 e. The third-order valence-corrected chi connectivity index (χ3v) is 3.36. The normalized spacial score (nSPS) is 10.7. The number of hydrogen-bond donors (Lipinski definition) is 0. The number of hydrogen-bond acceptors (Lipinski definition) is 4. The molecule has 0 N–H and O–H groups in total. The number of Topliss-reactive ketones (excluding diaryl/α,β-unsaturated/α-hetero) is 1. The van der Waals surface area contributed by atoms with Crippen LogP contribution in [0.5, 0.6) is 5.75 Å². The van der Waals surface area contributed by atoms with Gasteiger partial charge in [-0.3, -0.25) is 14.7 Å². The Balaban J connectivity index is 1.99. The predicted molar refractivity (Wildman–Crippen MR) is 82.9 cm³/mol. The highest BCUT2D eigenvalue weighted by Crippen LogP contribution is 2.25. The molecule has 0 radical (unpaired) electrons. The molecule has 0 aliphatic rings. The van der Waals surface area contributed by atoms with Crippen molar-refractivity contribution in [3.8, 4) is 5.75 Å². The van der Waals surface area contributed by atoms with Crippen LogP contribution in [0.15, 0.2) is 42.7 Å². The van der Waals surface area contributed by atoms with Crippen LogP contribution in [0.3, 0.4) is 0 Å². The summed E-state index contributed by atoms with van der Waals surface area (Å²) in [7, 11) is 3.44. The second-order valence-electron chi connectivity index (χ2n) is 4.81. The van der Waals surface area contributed by atoms with Crippen LogP contribution in [0.1, 0.15) is 15.9 Å². The fourth-order valence-corrected chi connectivity index (χ4v) is 2.29. The van der Waals surface area contributed by atoms with Crippen LogP contribution in [0, 0.1) is 0 Å². The number of aromatic nitrogens is 1. The molecule has 21 heavy (non-hydrogen) atoms. The van der Waals surface area contributed by atoms with Crippen molar-refractivity contribution >= 4 is 17.4 Å². The maximum absolute atomic E-state index is 12.2. The van der Waals surface area contributed by atoms with Gasteiger partial charge < -0.3 is 4.74 Å². The average molecular weight is 305 g/mol. The summed E-state index contributed by atoms with van der Waals surface area (Å²) in [5.74, 6) is 0.586. The molecular formula is C16H17ClN2O2. The van der Waals surface area contributed by atoms with E-state index in [4.69, 9.17) is 16.3 Å². The number of benzene rings is 1. The minimum Gasteiger partial charge on any atom is -0.495 e. The molecule has 1 aromatic heterocycles. The quantitative estimate of drug-likeness (QED) is 0.769. The maximum atomic E-state index is 12.2. The van der Waals surface area contributed by atoms with Gasteiger partial charge in [-0.25, -0.2) is 0 Å². The maximum Gasteiger partial charge on any atom is 0.176 e. The first-order valence-electron chi connectivity index (χ1n) is 6.54. The number of carbonyl (C=O) groups is 1. The molecule has 0 fully saturated rings. The molecule has 2 aromatic rings. The lowest BCUT2D eigenvalue weighted by Crippen LogP contribution is -2.25. The number of rotatable bonds is 6. The molecule has 0 unspecified atom stereocenters. The number of methoxy groups -OCH3 is 1. The molecule has 5 heteroatoms. The third kappa shape index (κ3) is 4.28. The molecule has 4 nitrogen and oxygen atoms in total. The lowest BCUT2D eigenvalue weighted by Gasteiger charge is -2.15. The SMILES string of the molecule is COc1ccc(C(=O)CN(C)Cc2cccnc2)cc1Cl. The predicted octanol–water partition coefficient (Wildman–Crippen LogP) is 3.06. The van der Waals surface area contributed by atoms with Crippen molar-refractivity contribution < 1.29 is 9.53 Å². The van der Waals surface area contributed by atoms with E-state index < -0.39 is 0 Å². The summed E-state index contributed by atoms with van der Waals surface area (Å²) in [5, 5.41) is 0.443. The Morgan fingerprint density at radius 2 is 2.19 bits per heavy atom. The summed E-state index contributed by atoms with van der Waals surface area (Å²) < 4.78 is 5.08. The average Bonchev–Trinajstić information content (AvgIpc) is 2.48. The molecule has 0 atom stereocenters.